The molecule has 0 atom stereocenters. The fourth-order valence-electron chi connectivity index (χ4n) is 1.80. The quantitative estimate of drug-likeness (QED) is 0.643. The van der Waals surface area contributed by atoms with Crippen molar-refractivity contribution in [3.8, 4) is 5.75 Å². The number of anilines is 1. The molecular formula is C15H12Cl2N2O4. The number of nitrogens with one attached hydrogen (secondary N) is 1. The molecule has 2 rings (SSSR count). The molecule has 0 saturated carbocycles. The van der Waals surface area contributed by atoms with Crippen LogP contribution in [0.15, 0.2) is 36.4 Å². The third-order valence-electron chi connectivity index (χ3n) is 2.97. The summed E-state index contributed by atoms with van der Waals surface area (Å²) in [4.78, 5) is 22.2. The molecular weight excluding hydrogens is 343 g/mol. The van der Waals surface area contributed by atoms with Crippen LogP contribution < -0.4 is 10.1 Å². The number of aryl methyl sites for hydroxylation is 1. The van der Waals surface area contributed by atoms with Crippen molar-refractivity contribution in [2.24, 2.45) is 0 Å². The lowest BCUT2D eigenvalue weighted by molar-refractivity contribution is -0.384. The number of non-ortho nitro benzene ring substituents is 1. The zero-order chi connectivity index (χ0) is 17.0. The summed E-state index contributed by atoms with van der Waals surface area (Å²) in [6.07, 6.45) is 0. The van der Waals surface area contributed by atoms with Gasteiger partial charge in [0.05, 0.1) is 20.7 Å². The average Bonchev–Trinajstić information content (AvgIpc) is 2.48. The molecule has 0 aliphatic heterocycles. The van der Waals surface area contributed by atoms with E-state index in [0.29, 0.717) is 11.3 Å². The van der Waals surface area contributed by atoms with Gasteiger partial charge in [-0.1, -0.05) is 35.3 Å². The highest BCUT2D eigenvalue weighted by molar-refractivity contribution is 6.37. The molecule has 1 N–H and O–H groups in total. The molecule has 6 nitrogen and oxygen atoms in total. The molecule has 0 aliphatic carbocycles. The average molecular weight is 355 g/mol. The smallest absolute Gasteiger partial charge is 0.271 e. The number of ether oxygens (including phenoxy) is 1. The SMILES string of the molecule is Cc1ccc([N+](=O)[O-])cc1NC(=O)COc1c(Cl)cccc1Cl. The maximum atomic E-state index is 11.9. The van der Waals surface area contributed by atoms with E-state index in [4.69, 9.17) is 27.9 Å². The molecule has 8 heteroatoms. The van der Waals surface area contributed by atoms with Crippen molar-refractivity contribution >= 4 is 40.5 Å². The number of amides is 1. The van der Waals surface area contributed by atoms with Crippen molar-refractivity contribution < 1.29 is 14.5 Å². The van der Waals surface area contributed by atoms with Crippen LogP contribution in [0, 0.1) is 17.0 Å². The molecule has 0 bridgehead atoms. The first-order valence-corrected chi connectivity index (χ1v) is 7.26. The molecule has 0 saturated heterocycles. The van der Waals surface area contributed by atoms with Gasteiger partial charge in [0, 0.05) is 12.1 Å². The van der Waals surface area contributed by atoms with Crippen LogP contribution in [0.1, 0.15) is 5.56 Å². The Kier molecular flexibility index (Phi) is 5.41. The Morgan fingerprint density at radius 3 is 2.52 bits per heavy atom. The zero-order valence-corrected chi connectivity index (χ0v) is 13.5. The summed E-state index contributed by atoms with van der Waals surface area (Å²) in [5.41, 5.74) is 0.929. The maximum absolute atomic E-state index is 11.9. The van der Waals surface area contributed by atoms with Gasteiger partial charge in [0.15, 0.2) is 12.4 Å². The fraction of sp³-hybridized carbons (Fsp3) is 0.133. The van der Waals surface area contributed by atoms with E-state index in [0.717, 1.165) is 0 Å². The van der Waals surface area contributed by atoms with E-state index in [1.165, 1.54) is 12.1 Å². The van der Waals surface area contributed by atoms with Gasteiger partial charge in [0.2, 0.25) is 0 Å². The first-order valence-electron chi connectivity index (χ1n) is 6.50. The van der Waals surface area contributed by atoms with Crippen molar-refractivity contribution in [3.05, 3.63) is 62.1 Å². The van der Waals surface area contributed by atoms with Gasteiger partial charge in [0.1, 0.15) is 0 Å². The predicted octanol–water partition coefficient (Wildman–Crippen LogP) is 4.23. The summed E-state index contributed by atoms with van der Waals surface area (Å²) in [7, 11) is 0. The van der Waals surface area contributed by atoms with Crippen molar-refractivity contribution in [2.75, 3.05) is 11.9 Å². The molecule has 0 fully saturated rings. The topological polar surface area (TPSA) is 81.5 Å². The third-order valence-corrected chi connectivity index (χ3v) is 3.57. The second-order valence-electron chi connectivity index (χ2n) is 4.64. The number of carbonyl (C=O) groups excluding carboxylic acids is 1. The first kappa shape index (κ1) is 17.1. The van der Waals surface area contributed by atoms with Gasteiger partial charge in [-0.25, -0.2) is 0 Å². The number of nitro benzene ring substituents is 1. The third kappa shape index (κ3) is 4.34. The number of rotatable bonds is 5. The lowest BCUT2D eigenvalue weighted by Crippen LogP contribution is -2.21. The van der Waals surface area contributed by atoms with E-state index >= 15 is 0 Å². The van der Waals surface area contributed by atoms with Gasteiger partial charge in [-0.05, 0) is 24.6 Å². The van der Waals surface area contributed by atoms with E-state index in [9.17, 15) is 14.9 Å². The summed E-state index contributed by atoms with van der Waals surface area (Å²) >= 11 is 11.9. The predicted molar refractivity (Wildman–Crippen MR) is 88.4 cm³/mol. The highest BCUT2D eigenvalue weighted by Crippen LogP contribution is 2.32. The Balaban J connectivity index is 2.06. The van der Waals surface area contributed by atoms with Gasteiger partial charge < -0.3 is 10.1 Å². The van der Waals surface area contributed by atoms with Crippen LogP contribution in [0.5, 0.6) is 5.75 Å². The molecule has 0 spiro atoms. The van der Waals surface area contributed by atoms with E-state index in [2.05, 4.69) is 5.32 Å². The van der Waals surface area contributed by atoms with Crippen LogP contribution in [-0.2, 0) is 4.79 Å². The summed E-state index contributed by atoms with van der Waals surface area (Å²) < 4.78 is 5.31. The fourth-order valence-corrected chi connectivity index (χ4v) is 2.31. The standard InChI is InChI=1S/C15H12Cl2N2O4/c1-9-5-6-10(19(21)22)7-13(9)18-14(20)8-23-15-11(16)3-2-4-12(15)17/h2-7H,8H2,1H3,(H,18,20). The number of para-hydroxylation sites is 1. The van der Waals surface area contributed by atoms with Crippen molar-refractivity contribution in [1.82, 2.24) is 0 Å². The largest absolute Gasteiger partial charge is 0.481 e. The molecule has 2 aromatic rings. The van der Waals surface area contributed by atoms with E-state index in [1.54, 1.807) is 31.2 Å². The molecule has 23 heavy (non-hydrogen) atoms. The second-order valence-corrected chi connectivity index (χ2v) is 5.46. The van der Waals surface area contributed by atoms with E-state index < -0.39 is 10.8 Å². The van der Waals surface area contributed by atoms with Crippen LogP contribution in [0.3, 0.4) is 0 Å². The minimum atomic E-state index is -0.533. The Bertz CT molecular complexity index is 745. The van der Waals surface area contributed by atoms with Crippen molar-refractivity contribution in [2.45, 2.75) is 6.92 Å². The Labute approximate surface area is 142 Å². The van der Waals surface area contributed by atoms with Gasteiger partial charge in [-0.15, -0.1) is 0 Å². The van der Waals surface area contributed by atoms with Gasteiger partial charge in [-0.3, -0.25) is 14.9 Å². The second kappa shape index (κ2) is 7.30. The number of halogens is 2. The highest BCUT2D eigenvalue weighted by atomic mass is 35.5. The molecule has 120 valence electrons. The number of nitrogens with zero attached hydrogens (tertiary/aromatic N) is 1. The van der Waals surface area contributed by atoms with E-state index in [-0.39, 0.29) is 28.1 Å². The summed E-state index contributed by atoms with van der Waals surface area (Å²) in [5.74, 6) is -0.272. The lowest BCUT2D eigenvalue weighted by atomic mass is 10.2. The summed E-state index contributed by atoms with van der Waals surface area (Å²) in [6.45, 7) is 1.40. The molecule has 0 unspecified atom stereocenters. The van der Waals surface area contributed by atoms with Gasteiger partial charge >= 0.3 is 0 Å². The monoisotopic (exact) mass is 354 g/mol. The molecule has 0 heterocycles. The van der Waals surface area contributed by atoms with Gasteiger partial charge in [-0.2, -0.15) is 0 Å². The number of hydrogen-bond donors (Lipinski definition) is 1. The number of benzene rings is 2. The Morgan fingerprint density at radius 1 is 1.26 bits per heavy atom. The minimum Gasteiger partial charge on any atom is -0.481 e. The Morgan fingerprint density at radius 2 is 1.91 bits per heavy atom. The molecule has 0 aliphatic rings. The van der Waals surface area contributed by atoms with Gasteiger partial charge in [0.25, 0.3) is 11.6 Å². The van der Waals surface area contributed by atoms with E-state index in [1.807, 2.05) is 0 Å². The molecule has 1 amide bonds. The summed E-state index contributed by atoms with van der Waals surface area (Å²) in [6, 6.07) is 9.04. The van der Waals surface area contributed by atoms with Crippen LogP contribution in [0.2, 0.25) is 10.0 Å². The maximum Gasteiger partial charge on any atom is 0.271 e. The van der Waals surface area contributed by atoms with Crippen LogP contribution in [0.4, 0.5) is 11.4 Å². The molecule has 0 radical (unpaired) electrons. The molecule has 0 aromatic heterocycles. The summed E-state index contributed by atoms with van der Waals surface area (Å²) in [5, 5.41) is 13.9. The van der Waals surface area contributed by atoms with Crippen LogP contribution >= 0.6 is 23.2 Å². The van der Waals surface area contributed by atoms with Crippen LogP contribution in [-0.4, -0.2) is 17.4 Å². The van der Waals surface area contributed by atoms with Crippen molar-refractivity contribution in [1.29, 1.82) is 0 Å². The van der Waals surface area contributed by atoms with Crippen molar-refractivity contribution in [3.63, 3.8) is 0 Å². The minimum absolute atomic E-state index is 0.110. The number of nitro groups is 1. The lowest BCUT2D eigenvalue weighted by Gasteiger charge is -2.11. The Hall–Kier alpha value is -2.31. The number of carbonyl (C=O) groups is 1. The highest BCUT2D eigenvalue weighted by Gasteiger charge is 2.13. The zero-order valence-electron chi connectivity index (χ0n) is 12.0. The van der Waals surface area contributed by atoms with Crippen LogP contribution in [0.25, 0.3) is 0 Å². The number of hydrogen-bond acceptors (Lipinski definition) is 4. The first-order chi connectivity index (χ1) is 10.9. The normalized spacial score (nSPS) is 10.2. The molecule has 2 aromatic carbocycles.